The van der Waals surface area contributed by atoms with Crippen LogP contribution < -0.4 is 11.1 Å². The van der Waals surface area contributed by atoms with Crippen LogP contribution in [0.4, 0.5) is 5.69 Å². The van der Waals surface area contributed by atoms with E-state index in [1.807, 2.05) is 49.4 Å². The molecule has 2 aromatic carbocycles. The maximum atomic E-state index is 6.07. The molecule has 1 unspecified atom stereocenters. The molecular formula is C15H15N3. The Morgan fingerprint density at radius 3 is 2.44 bits per heavy atom. The second-order valence-corrected chi connectivity index (χ2v) is 4.61. The standard InChI is InChI=1S/C15H15N3/c1-15(11-7-3-2-4-8-11)17-13-10-6-5-9-12(13)14(16)18-15/h2-10,17H,1H3,(H2,16,18). The second-order valence-electron chi connectivity index (χ2n) is 4.61. The number of fused-ring (bicyclic) bond motifs is 1. The van der Waals surface area contributed by atoms with E-state index in [1.54, 1.807) is 0 Å². The van der Waals surface area contributed by atoms with Crippen molar-refractivity contribution in [3.05, 3.63) is 65.7 Å². The highest BCUT2D eigenvalue weighted by molar-refractivity contribution is 6.04. The molecule has 1 heterocycles. The molecule has 0 aromatic heterocycles. The van der Waals surface area contributed by atoms with Gasteiger partial charge in [0, 0.05) is 11.3 Å². The van der Waals surface area contributed by atoms with Crippen molar-refractivity contribution in [2.75, 3.05) is 5.32 Å². The average Bonchev–Trinajstić information content (AvgIpc) is 2.40. The van der Waals surface area contributed by atoms with Crippen molar-refractivity contribution in [2.45, 2.75) is 12.6 Å². The zero-order valence-electron chi connectivity index (χ0n) is 10.2. The van der Waals surface area contributed by atoms with Crippen LogP contribution in [0.3, 0.4) is 0 Å². The topological polar surface area (TPSA) is 50.4 Å². The molecule has 0 saturated carbocycles. The molecule has 3 N–H and O–H groups in total. The molecule has 1 aliphatic rings. The van der Waals surface area contributed by atoms with Crippen LogP contribution in [0.15, 0.2) is 59.6 Å². The predicted molar refractivity (Wildman–Crippen MR) is 74.6 cm³/mol. The molecule has 3 heteroatoms. The van der Waals surface area contributed by atoms with E-state index in [2.05, 4.69) is 22.4 Å². The number of nitrogens with one attached hydrogen (secondary N) is 1. The van der Waals surface area contributed by atoms with Crippen LogP contribution in [0, 0.1) is 0 Å². The molecule has 0 aliphatic carbocycles. The molecule has 18 heavy (non-hydrogen) atoms. The van der Waals surface area contributed by atoms with Crippen molar-refractivity contribution in [3.8, 4) is 0 Å². The lowest BCUT2D eigenvalue weighted by Gasteiger charge is -2.33. The second kappa shape index (κ2) is 3.88. The first-order valence-corrected chi connectivity index (χ1v) is 5.97. The number of nitrogens with two attached hydrogens (primary N) is 1. The summed E-state index contributed by atoms with van der Waals surface area (Å²) in [6.07, 6.45) is 0. The van der Waals surface area contributed by atoms with Gasteiger partial charge in [-0.25, -0.2) is 4.99 Å². The molecule has 0 amide bonds. The lowest BCUT2D eigenvalue weighted by atomic mass is 9.98. The third-order valence-electron chi connectivity index (χ3n) is 3.26. The minimum Gasteiger partial charge on any atom is -0.383 e. The summed E-state index contributed by atoms with van der Waals surface area (Å²) in [5.74, 6) is 0.579. The normalized spacial score (nSPS) is 21.7. The molecule has 1 aliphatic heterocycles. The highest BCUT2D eigenvalue weighted by atomic mass is 15.2. The highest BCUT2D eigenvalue weighted by Gasteiger charge is 2.30. The van der Waals surface area contributed by atoms with Gasteiger partial charge in [0.2, 0.25) is 0 Å². The first kappa shape index (κ1) is 10.8. The van der Waals surface area contributed by atoms with Crippen LogP contribution in [0.5, 0.6) is 0 Å². The van der Waals surface area contributed by atoms with Crippen LogP contribution in [0.1, 0.15) is 18.1 Å². The van der Waals surface area contributed by atoms with Crippen molar-refractivity contribution in [2.24, 2.45) is 10.7 Å². The van der Waals surface area contributed by atoms with Crippen LogP contribution >= 0.6 is 0 Å². The number of amidine groups is 1. The maximum absolute atomic E-state index is 6.07. The Kier molecular flexibility index (Phi) is 2.33. The van der Waals surface area contributed by atoms with Gasteiger partial charge in [-0.2, -0.15) is 0 Å². The van der Waals surface area contributed by atoms with Crippen LogP contribution in [-0.2, 0) is 5.66 Å². The number of nitrogens with zero attached hydrogens (tertiary/aromatic N) is 1. The SMILES string of the molecule is CC1(c2ccccc2)N=C(N)c2ccccc2N1. The molecule has 0 saturated heterocycles. The summed E-state index contributed by atoms with van der Waals surface area (Å²) in [5.41, 5.74) is 8.66. The molecular weight excluding hydrogens is 222 g/mol. The summed E-state index contributed by atoms with van der Waals surface area (Å²) in [6.45, 7) is 2.03. The van der Waals surface area contributed by atoms with Crippen LogP contribution in [-0.4, -0.2) is 5.84 Å². The first-order valence-electron chi connectivity index (χ1n) is 5.97. The lowest BCUT2D eigenvalue weighted by molar-refractivity contribution is 0.571. The Labute approximate surface area is 106 Å². The van der Waals surface area contributed by atoms with Crippen LogP contribution in [0.25, 0.3) is 0 Å². The fourth-order valence-electron chi connectivity index (χ4n) is 2.31. The Morgan fingerprint density at radius 2 is 1.67 bits per heavy atom. The zero-order valence-corrected chi connectivity index (χ0v) is 10.2. The summed E-state index contributed by atoms with van der Waals surface area (Å²) >= 11 is 0. The number of hydrogen-bond acceptors (Lipinski definition) is 3. The van der Waals surface area contributed by atoms with E-state index in [0.29, 0.717) is 5.84 Å². The van der Waals surface area contributed by atoms with Gasteiger partial charge in [-0.15, -0.1) is 0 Å². The van der Waals surface area contributed by atoms with Gasteiger partial charge in [0.1, 0.15) is 5.84 Å². The van der Waals surface area contributed by atoms with Crippen molar-refractivity contribution >= 4 is 11.5 Å². The van der Waals surface area contributed by atoms with Crippen molar-refractivity contribution in [1.82, 2.24) is 0 Å². The predicted octanol–water partition coefficient (Wildman–Crippen LogP) is 2.69. The van der Waals surface area contributed by atoms with Gasteiger partial charge in [-0.05, 0) is 24.6 Å². The van der Waals surface area contributed by atoms with E-state index in [0.717, 1.165) is 16.8 Å². The van der Waals surface area contributed by atoms with E-state index >= 15 is 0 Å². The molecule has 3 nitrogen and oxygen atoms in total. The molecule has 1 atom stereocenters. The average molecular weight is 237 g/mol. The fourth-order valence-corrected chi connectivity index (χ4v) is 2.31. The third-order valence-corrected chi connectivity index (χ3v) is 3.26. The van der Waals surface area contributed by atoms with Gasteiger partial charge in [-0.1, -0.05) is 42.5 Å². The van der Waals surface area contributed by atoms with Gasteiger partial charge in [0.05, 0.1) is 0 Å². The summed E-state index contributed by atoms with van der Waals surface area (Å²) in [5, 5.41) is 3.45. The van der Waals surface area contributed by atoms with E-state index in [9.17, 15) is 0 Å². The molecule has 3 rings (SSSR count). The Bertz CT molecular complexity index is 604. The third kappa shape index (κ3) is 1.64. The minimum absolute atomic E-state index is 0.500. The largest absolute Gasteiger partial charge is 0.383 e. The molecule has 0 fully saturated rings. The highest BCUT2D eigenvalue weighted by Crippen LogP contribution is 2.33. The number of benzene rings is 2. The van der Waals surface area contributed by atoms with Gasteiger partial charge >= 0.3 is 0 Å². The van der Waals surface area contributed by atoms with Crippen molar-refractivity contribution < 1.29 is 0 Å². The molecule has 2 aromatic rings. The number of anilines is 1. The quantitative estimate of drug-likeness (QED) is 0.801. The summed E-state index contributed by atoms with van der Waals surface area (Å²) < 4.78 is 0. The fraction of sp³-hybridized carbons (Fsp3) is 0.133. The van der Waals surface area contributed by atoms with E-state index in [-0.39, 0.29) is 0 Å². The van der Waals surface area contributed by atoms with E-state index in [4.69, 9.17) is 5.73 Å². The Morgan fingerprint density at radius 1 is 1.00 bits per heavy atom. The Balaban J connectivity index is 2.11. The van der Waals surface area contributed by atoms with E-state index < -0.39 is 5.66 Å². The number of aliphatic imine (C=N–C) groups is 1. The monoisotopic (exact) mass is 237 g/mol. The molecule has 0 spiro atoms. The van der Waals surface area contributed by atoms with Crippen LogP contribution in [0.2, 0.25) is 0 Å². The maximum Gasteiger partial charge on any atom is 0.155 e. The minimum atomic E-state index is -0.500. The van der Waals surface area contributed by atoms with Gasteiger partial charge < -0.3 is 11.1 Å². The number of rotatable bonds is 1. The van der Waals surface area contributed by atoms with Crippen molar-refractivity contribution in [3.63, 3.8) is 0 Å². The molecule has 0 bridgehead atoms. The molecule has 90 valence electrons. The van der Waals surface area contributed by atoms with Crippen molar-refractivity contribution in [1.29, 1.82) is 0 Å². The number of hydrogen-bond donors (Lipinski definition) is 2. The Hall–Kier alpha value is -2.29. The summed E-state index contributed by atoms with van der Waals surface area (Å²) in [4.78, 5) is 4.61. The van der Waals surface area contributed by atoms with Gasteiger partial charge in [0.15, 0.2) is 5.66 Å². The summed E-state index contributed by atoms with van der Waals surface area (Å²) in [7, 11) is 0. The van der Waals surface area contributed by atoms with Gasteiger partial charge in [0.25, 0.3) is 0 Å². The van der Waals surface area contributed by atoms with Gasteiger partial charge in [-0.3, -0.25) is 0 Å². The first-order chi connectivity index (χ1) is 8.69. The van der Waals surface area contributed by atoms with E-state index in [1.165, 1.54) is 0 Å². The lowest BCUT2D eigenvalue weighted by Crippen LogP contribution is -2.37. The molecule has 0 radical (unpaired) electrons. The number of para-hydroxylation sites is 1. The smallest absolute Gasteiger partial charge is 0.155 e. The summed E-state index contributed by atoms with van der Waals surface area (Å²) in [6, 6.07) is 18.1. The zero-order chi connectivity index (χ0) is 12.6.